The van der Waals surface area contributed by atoms with Crippen molar-refractivity contribution >= 4 is 22.6 Å². The van der Waals surface area contributed by atoms with Gasteiger partial charge in [-0.2, -0.15) is 5.10 Å². The molecule has 2 aromatic rings. The maximum absolute atomic E-state index is 13.1. The van der Waals surface area contributed by atoms with Gasteiger partial charge in [-0.05, 0) is 46.9 Å². The topological polar surface area (TPSA) is 54.7 Å². The summed E-state index contributed by atoms with van der Waals surface area (Å²) in [6, 6.07) is 6.46. The number of H-pyrrole nitrogens is 1. The Balaban J connectivity index is 2.48. The van der Waals surface area contributed by atoms with Crippen molar-refractivity contribution in [2.45, 2.75) is 6.54 Å². The van der Waals surface area contributed by atoms with Crippen LogP contribution >= 0.6 is 22.6 Å². The molecule has 0 atom stereocenters. The van der Waals surface area contributed by atoms with Gasteiger partial charge in [-0.25, -0.2) is 4.39 Å². The van der Waals surface area contributed by atoms with Crippen LogP contribution in [0.3, 0.4) is 0 Å². The molecule has 15 heavy (non-hydrogen) atoms. The third-order valence-corrected chi connectivity index (χ3v) is 3.00. The van der Waals surface area contributed by atoms with Crippen molar-refractivity contribution in [3.05, 3.63) is 39.3 Å². The highest BCUT2D eigenvalue weighted by molar-refractivity contribution is 14.1. The third kappa shape index (κ3) is 2.18. The molecule has 3 N–H and O–H groups in total. The second kappa shape index (κ2) is 4.28. The lowest BCUT2D eigenvalue weighted by Crippen LogP contribution is -1.95. The lowest BCUT2D eigenvalue weighted by molar-refractivity contribution is 0.628. The molecule has 5 heteroatoms. The average Bonchev–Trinajstić information content (AvgIpc) is 2.70. The van der Waals surface area contributed by atoms with Crippen LogP contribution in [0.15, 0.2) is 24.3 Å². The lowest BCUT2D eigenvalue weighted by atomic mass is 10.1. The Morgan fingerprint density at radius 3 is 2.87 bits per heavy atom. The molecule has 0 saturated heterocycles. The lowest BCUT2D eigenvalue weighted by Gasteiger charge is -1.99. The van der Waals surface area contributed by atoms with Crippen molar-refractivity contribution in [2.24, 2.45) is 5.73 Å². The number of nitrogens with two attached hydrogens (primary N) is 1. The first-order chi connectivity index (χ1) is 7.20. The number of hydrogen-bond acceptors (Lipinski definition) is 2. The Bertz CT molecular complexity index is 481. The minimum atomic E-state index is -0.261. The first-order valence-electron chi connectivity index (χ1n) is 4.40. The molecule has 0 aliphatic heterocycles. The normalized spacial score (nSPS) is 10.6. The number of rotatable bonds is 2. The molecule has 0 aliphatic rings. The molecule has 0 fully saturated rings. The van der Waals surface area contributed by atoms with Crippen LogP contribution in [0.2, 0.25) is 0 Å². The quantitative estimate of drug-likeness (QED) is 0.835. The summed E-state index contributed by atoms with van der Waals surface area (Å²) in [5.74, 6) is -0.261. The molecule has 78 valence electrons. The Morgan fingerprint density at radius 1 is 1.40 bits per heavy atom. The average molecular weight is 317 g/mol. The van der Waals surface area contributed by atoms with Gasteiger partial charge in [-0.3, -0.25) is 5.10 Å². The van der Waals surface area contributed by atoms with E-state index in [0.717, 1.165) is 20.5 Å². The van der Waals surface area contributed by atoms with Gasteiger partial charge in [-0.15, -0.1) is 0 Å². The van der Waals surface area contributed by atoms with E-state index in [2.05, 4.69) is 32.8 Å². The van der Waals surface area contributed by atoms with E-state index in [-0.39, 0.29) is 5.82 Å². The largest absolute Gasteiger partial charge is 0.325 e. The fourth-order valence-electron chi connectivity index (χ4n) is 1.30. The summed E-state index contributed by atoms with van der Waals surface area (Å²) >= 11 is 2.15. The monoisotopic (exact) mass is 317 g/mol. The molecule has 1 heterocycles. The van der Waals surface area contributed by atoms with Crippen molar-refractivity contribution in [3.8, 4) is 11.3 Å². The maximum atomic E-state index is 13.1. The van der Waals surface area contributed by atoms with E-state index in [1.54, 1.807) is 6.07 Å². The van der Waals surface area contributed by atoms with Gasteiger partial charge in [-0.1, -0.05) is 0 Å². The second-order valence-corrected chi connectivity index (χ2v) is 4.27. The Kier molecular flexibility index (Phi) is 3.01. The van der Waals surface area contributed by atoms with Crippen molar-refractivity contribution < 1.29 is 4.39 Å². The van der Waals surface area contributed by atoms with Gasteiger partial charge in [0.15, 0.2) is 0 Å². The predicted molar refractivity (Wildman–Crippen MR) is 64.6 cm³/mol. The standard InChI is InChI=1S/C10H9FIN3/c11-6-1-2-9(12)8(3-6)10-4-7(5-13)14-15-10/h1-4H,5,13H2,(H,14,15). The zero-order valence-corrected chi connectivity index (χ0v) is 9.95. The first kappa shape index (κ1) is 10.6. The SMILES string of the molecule is NCc1cc(-c2cc(F)ccc2I)n[nH]1. The number of benzene rings is 1. The highest BCUT2D eigenvalue weighted by Crippen LogP contribution is 2.24. The first-order valence-corrected chi connectivity index (χ1v) is 5.48. The van der Waals surface area contributed by atoms with Gasteiger partial charge in [0.1, 0.15) is 5.82 Å². The predicted octanol–water partition coefficient (Wildman–Crippen LogP) is 2.28. The van der Waals surface area contributed by atoms with Gasteiger partial charge in [0.25, 0.3) is 0 Å². The van der Waals surface area contributed by atoms with Gasteiger partial charge in [0, 0.05) is 21.4 Å². The van der Waals surface area contributed by atoms with Gasteiger partial charge < -0.3 is 5.73 Å². The van der Waals surface area contributed by atoms with E-state index >= 15 is 0 Å². The summed E-state index contributed by atoms with van der Waals surface area (Å²) in [7, 11) is 0. The van der Waals surface area contributed by atoms with Crippen molar-refractivity contribution in [1.82, 2.24) is 10.2 Å². The molecule has 1 aromatic heterocycles. The van der Waals surface area contributed by atoms with Gasteiger partial charge in [0.2, 0.25) is 0 Å². The van der Waals surface area contributed by atoms with E-state index in [0.29, 0.717) is 6.54 Å². The second-order valence-electron chi connectivity index (χ2n) is 3.11. The fourth-order valence-corrected chi connectivity index (χ4v) is 1.91. The van der Waals surface area contributed by atoms with Crippen LogP contribution in [-0.2, 0) is 6.54 Å². The minimum absolute atomic E-state index is 0.261. The van der Waals surface area contributed by atoms with Crippen LogP contribution < -0.4 is 5.73 Å². The van der Waals surface area contributed by atoms with E-state index in [4.69, 9.17) is 5.73 Å². The van der Waals surface area contributed by atoms with E-state index < -0.39 is 0 Å². The molecule has 3 nitrogen and oxygen atoms in total. The highest BCUT2D eigenvalue weighted by atomic mass is 127. The molecule has 0 bridgehead atoms. The Morgan fingerprint density at radius 2 is 2.20 bits per heavy atom. The minimum Gasteiger partial charge on any atom is -0.325 e. The number of halogens is 2. The molecule has 0 radical (unpaired) electrons. The smallest absolute Gasteiger partial charge is 0.123 e. The zero-order valence-electron chi connectivity index (χ0n) is 7.80. The molecule has 0 amide bonds. The third-order valence-electron chi connectivity index (χ3n) is 2.06. The van der Waals surface area contributed by atoms with Crippen LogP contribution in [-0.4, -0.2) is 10.2 Å². The van der Waals surface area contributed by atoms with Crippen molar-refractivity contribution in [3.63, 3.8) is 0 Å². The van der Waals surface area contributed by atoms with Gasteiger partial charge in [0.05, 0.1) is 5.69 Å². The summed E-state index contributed by atoms with van der Waals surface area (Å²) in [6.07, 6.45) is 0. The molecule has 0 spiro atoms. The van der Waals surface area contributed by atoms with Crippen LogP contribution in [0.1, 0.15) is 5.69 Å². The maximum Gasteiger partial charge on any atom is 0.123 e. The van der Waals surface area contributed by atoms with Crippen LogP contribution in [0.4, 0.5) is 4.39 Å². The van der Waals surface area contributed by atoms with Crippen molar-refractivity contribution in [1.29, 1.82) is 0 Å². The van der Waals surface area contributed by atoms with E-state index in [9.17, 15) is 4.39 Å². The molecular formula is C10H9FIN3. The highest BCUT2D eigenvalue weighted by Gasteiger charge is 2.08. The number of aromatic amines is 1. The number of hydrogen-bond donors (Lipinski definition) is 2. The van der Waals surface area contributed by atoms with E-state index in [1.807, 2.05) is 6.07 Å². The zero-order chi connectivity index (χ0) is 10.8. The molecule has 0 saturated carbocycles. The van der Waals surface area contributed by atoms with Crippen LogP contribution in [0.5, 0.6) is 0 Å². The summed E-state index contributed by atoms with van der Waals surface area (Å²) < 4.78 is 14.0. The molecule has 1 aromatic carbocycles. The Labute approximate surface area is 100 Å². The van der Waals surface area contributed by atoms with Gasteiger partial charge >= 0.3 is 0 Å². The Hall–Kier alpha value is -0.950. The summed E-state index contributed by atoms with van der Waals surface area (Å²) in [4.78, 5) is 0. The van der Waals surface area contributed by atoms with E-state index in [1.165, 1.54) is 12.1 Å². The van der Waals surface area contributed by atoms with Crippen LogP contribution in [0.25, 0.3) is 11.3 Å². The fraction of sp³-hybridized carbons (Fsp3) is 0.100. The molecule has 2 rings (SSSR count). The van der Waals surface area contributed by atoms with Crippen LogP contribution in [0, 0.1) is 9.39 Å². The number of nitrogens with zero attached hydrogens (tertiary/aromatic N) is 1. The molecule has 0 unspecified atom stereocenters. The number of aromatic nitrogens is 2. The summed E-state index contributed by atoms with van der Waals surface area (Å²) in [5, 5.41) is 6.88. The summed E-state index contributed by atoms with van der Waals surface area (Å²) in [5.41, 5.74) is 7.81. The summed E-state index contributed by atoms with van der Waals surface area (Å²) in [6.45, 7) is 0.402. The molecular weight excluding hydrogens is 308 g/mol. The van der Waals surface area contributed by atoms with Crippen molar-refractivity contribution in [2.75, 3.05) is 0 Å². The number of nitrogens with one attached hydrogen (secondary N) is 1. The molecule has 0 aliphatic carbocycles.